The molecule has 0 aliphatic rings. The Hall–Kier alpha value is -2.10. The first-order valence-corrected chi connectivity index (χ1v) is 6.36. The average Bonchev–Trinajstić information content (AvgIpc) is 2.36. The molecule has 0 aliphatic carbocycles. The summed E-state index contributed by atoms with van der Waals surface area (Å²) in [6.45, 7) is 7.36. The summed E-state index contributed by atoms with van der Waals surface area (Å²) in [4.78, 5) is 7.97. The smallest absolute Gasteiger partial charge is 0.131 e. The van der Waals surface area contributed by atoms with Gasteiger partial charge in [0.1, 0.15) is 18.0 Å². The van der Waals surface area contributed by atoms with Crippen LogP contribution in [0.4, 0.5) is 11.6 Å². The Balaban J connectivity index is 2.01. The lowest BCUT2D eigenvalue weighted by molar-refractivity contribution is 0.590. The zero-order valence-electron chi connectivity index (χ0n) is 11.6. The van der Waals surface area contributed by atoms with Gasteiger partial charge in [-0.3, -0.25) is 0 Å². The van der Waals surface area contributed by atoms with Crippen LogP contribution in [-0.2, 0) is 12.0 Å². The van der Waals surface area contributed by atoms with E-state index < -0.39 is 0 Å². The lowest BCUT2D eigenvalue weighted by Gasteiger charge is -2.19. The molecule has 2 rings (SSSR count). The molecule has 2 aromatic rings. The van der Waals surface area contributed by atoms with E-state index in [-0.39, 0.29) is 5.41 Å². The van der Waals surface area contributed by atoms with E-state index in [2.05, 4.69) is 60.3 Å². The molecule has 0 radical (unpaired) electrons. The van der Waals surface area contributed by atoms with Gasteiger partial charge < -0.3 is 11.1 Å². The number of nitrogen functional groups attached to an aromatic ring is 1. The van der Waals surface area contributed by atoms with Crippen molar-refractivity contribution in [2.75, 3.05) is 11.1 Å². The van der Waals surface area contributed by atoms with Crippen LogP contribution in [0.2, 0.25) is 0 Å². The molecule has 4 heteroatoms. The number of benzene rings is 1. The highest BCUT2D eigenvalue weighted by atomic mass is 15.0. The molecule has 1 aromatic carbocycles. The number of hydrogen-bond donors (Lipinski definition) is 2. The third-order valence-corrected chi connectivity index (χ3v) is 2.98. The zero-order chi connectivity index (χ0) is 13.9. The number of nitrogens with zero attached hydrogens (tertiary/aromatic N) is 2. The summed E-state index contributed by atoms with van der Waals surface area (Å²) in [5, 5.41) is 3.23. The monoisotopic (exact) mass is 256 g/mol. The van der Waals surface area contributed by atoms with E-state index in [0.717, 1.165) is 12.4 Å². The first kappa shape index (κ1) is 13.3. The highest BCUT2D eigenvalue weighted by Crippen LogP contribution is 2.22. The van der Waals surface area contributed by atoms with Gasteiger partial charge in [-0.2, -0.15) is 0 Å². The summed E-state index contributed by atoms with van der Waals surface area (Å²) in [7, 11) is 0. The highest BCUT2D eigenvalue weighted by Gasteiger charge is 2.12. The SMILES string of the molecule is CC(C)(C)c1ccc(CNc2cc(N)ncn2)cc1. The van der Waals surface area contributed by atoms with Gasteiger partial charge in [0.25, 0.3) is 0 Å². The molecule has 0 unspecified atom stereocenters. The molecule has 0 saturated heterocycles. The molecular weight excluding hydrogens is 236 g/mol. The Morgan fingerprint density at radius 3 is 2.37 bits per heavy atom. The number of nitrogens with two attached hydrogens (primary N) is 1. The van der Waals surface area contributed by atoms with Crippen molar-refractivity contribution in [3.05, 3.63) is 47.8 Å². The van der Waals surface area contributed by atoms with Crippen molar-refractivity contribution in [3.63, 3.8) is 0 Å². The third kappa shape index (κ3) is 3.68. The normalized spacial score (nSPS) is 11.3. The van der Waals surface area contributed by atoms with Crippen LogP contribution in [0.15, 0.2) is 36.7 Å². The van der Waals surface area contributed by atoms with E-state index in [4.69, 9.17) is 5.73 Å². The molecule has 0 aliphatic heterocycles. The van der Waals surface area contributed by atoms with Crippen LogP contribution in [0.5, 0.6) is 0 Å². The maximum absolute atomic E-state index is 5.60. The number of aromatic nitrogens is 2. The van der Waals surface area contributed by atoms with Gasteiger partial charge in [-0.05, 0) is 16.5 Å². The summed E-state index contributed by atoms with van der Waals surface area (Å²) in [5.74, 6) is 1.22. The van der Waals surface area contributed by atoms with Gasteiger partial charge in [0.2, 0.25) is 0 Å². The molecule has 0 spiro atoms. The Labute approximate surface area is 114 Å². The first-order chi connectivity index (χ1) is 8.95. The van der Waals surface area contributed by atoms with Gasteiger partial charge >= 0.3 is 0 Å². The van der Waals surface area contributed by atoms with Crippen LogP contribution in [0.25, 0.3) is 0 Å². The summed E-state index contributed by atoms with van der Waals surface area (Å²) in [6.07, 6.45) is 1.46. The Kier molecular flexibility index (Phi) is 3.69. The quantitative estimate of drug-likeness (QED) is 0.886. The van der Waals surface area contributed by atoms with Crippen molar-refractivity contribution < 1.29 is 0 Å². The molecule has 0 atom stereocenters. The van der Waals surface area contributed by atoms with Gasteiger partial charge in [0, 0.05) is 12.6 Å². The molecule has 100 valence electrons. The van der Waals surface area contributed by atoms with Gasteiger partial charge in [-0.1, -0.05) is 45.0 Å². The fourth-order valence-electron chi connectivity index (χ4n) is 1.78. The van der Waals surface area contributed by atoms with Crippen LogP contribution >= 0.6 is 0 Å². The topological polar surface area (TPSA) is 63.8 Å². The Bertz CT molecular complexity index is 541. The fourth-order valence-corrected chi connectivity index (χ4v) is 1.78. The Morgan fingerprint density at radius 2 is 1.79 bits per heavy atom. The molecule has 1 aromatic heterocycles. The first-order valence-electron chi connectivity index (χ1n) is 6.36. The molecule has 19 heavy (non-hydrogen) atoms. The predicted octanol–water partition coefficient (Wildman–Crippen LogP) is 2.97. The number of nitrogens with one attached hydrogen (secondary N) is 1. The van der Waals surface area contributed by atoms with Gasteiger partial charge in [-0.25, -0.2) is 9.97 Å². The molecule has 0 amide bonds. The van der Waals surface area contributed by atoms with Crippen LogP contribution in [0.3, 0.4) is 0 Å². The van der Waals surface area contributed by atoms with E-state index in [1.54, 1.807) is 6.07 Å². The number of hydrogen-bond acceptors (Lipinski definition) is 4. The summed E-state index contributed by atoms with van der Waals surface area (Å²) >= 11 is 0. The second-order valence-corrected chi connectivity index (χ2v) is 5.63. The molecular formula is C15H20N4. The van der Waals surface area contributed by atoms with Crippen molar-refractivity contribution in [2.45, 2.75) is 32.7 Å². The van der Waals surface area contributed by atoms with Gasteiger partial charge in [-0.15, -0.1) is 0 Å². The largest absolute Gasteiger partial charge is 0.384 e. The van der Waals surface area contributed by atoms with Crippen LogP contribution in [0, 0.1) is 0 Å². The van der Waals surface area contributed by atoms with Crippen molar-refractivity contribution in [1.29, 1.82) is 0 Å². The third-order valence-electron chi connectivity index (χ3n) is 2.98. The van der Waals surface area contributed by atoms with Crippen molar-refractivity contribution in [2.24, 2.45) is 0 Å². The zero-order valence-corrected chi connectivity index (χ0v) is 11.6. The second-order valence-electron chi connectivity index (χ2n) is 5.63. The maximum atomic E-state index is 5.60. The van der Waals surface area contributed by atoms with E-state index in [9.17, 15) is 0 Å². The lowest BCUT2D eigenvalue weighted by Crippen LogP contribution is -2.11. The van der Waals surface area contributed by atoms with E-state index >= 15 is 0 Å². The highest BCUT2D eigenvalue weighted by molar-refractivity contribution is 5.43. The lowest BCUT2D eigenvalue weighted by atomic mass is 9.87. The van der Waals surface area contributed by atoms with Crippen molar-refractivity contribution in [1.82, 2.24) is 9.97 Å². The van der Waals surface area contributed by atoms with Crippen molar-refractivity contribution >= 4 is 11.6 Å². The van der Waals surface area contributed by atoms with E-state index in [0.29, 0.717) is 5.82 Å². The van der Waals surface area contributed by atoms with Crippen LogP contribution in [-0.4, -0.2) is 9.97 Å². The molecule has 0 fully saturated rings. The average molecular weight is 256 g/mol. The Morgan fingerprint density at radius 1 is 1.11 bits per heavy atom. The minimum atomic E-state index is 0.188. The summed E-state index contributed by atoms with van der Waals surface area (Å²) in [6, 6.07) is 10.3. The fraction of sp³-hybridized carbons (Fsp3) is 0.333. The number of anilines is 2. The second kappa shape index (κ2) is 5.26. The van der Waals surface area contributed by atoms with E-state index in [1.807, 2.05) is 0 Å². The maximum Gasteiger partial charge on any atom is 0.131 e. The minimum absolute atomic E-state index is 0.188. The van der Waals surface area contributed by atoms with Crippen LogP contribution in [0.1, 0.15) is 31.9 Å². The molecule has 0 bridgehead atoms. The standard InChI is InChI=1S/C15H20N4/c1-15(2,3)12-6-4-11(5-7-12)9-17-14-8-13(16)18-10-19-14/h4-8,10H,9H2,1-3H3,(H3,16,17,18,19). The number of rotatable bonds is 3. The summed E-state index contributed by atoms with van der Waals surface area (Å²) in [5.41, 5.74) is 8.34. The molecule has 4 nitrogen and oxygen atoms in total. The summed E-state index contributed by atoms with van der Waals surface area (Å²) < 4.78 is 0. The van der Waals surface area contributed by atoms with Gasteiger partial charge in [0.05, 0.1) is 0 Å². The van der Waals surface area contributed by atoms with Crippen LogP contribution < -0.4 is 11.1 Å². The molecule has 0 saturated carbocycles. The van der Waals surface area contributed by atoms with Crippen molar-refractivity contribution in [3.8, 4) is 0 Å². The van der Waals surface area contributed by atoms with Gasteiger partial charge in [0.15, 0.2) is 0 Å². The molecule has 3 N–H and O–H groups in total. The molecule has 1 heterocycles. The van der Waals surface area contributed by atoms with E-state index in [1.165, 1.54) is 17.5 Å². The minimum Gasteiger partial charge on any atom is -0.384 e. The predicted molar refractivity (Wildman–Crippen MR) is 78.9 cm³/mol.